The van der Waals surface area contributed by atoms with E-state index in [0.717, 1.165) is 23.5 Å². The Balaban J connectivity index is 0. The van der Waals surface area contributed by atoms with Crippen LogP contribution in [0.2, 0.25) is 0 Å². The first-order valence-electron chi connectivity index (χ1n) is 12.0. The fraction of sp³-hybridized carbons (Fsp3) is 0.533. The molecule has 31 heavy (non-hydrogen) atoms. The van der Waals surface area contributed by atoms with Gasteiger partial charge in [-0.15, -0.1) is 0 Å². The summed E-state index contributed by atoms with van der Waals surface area (Å²) in [6, 6.07) is 5.36. The van der Waals surface area contributed by atoms with E-state index < -0.39 is 0 Å². The van der Waals surface area contributed by atoms with Gasteiger partial charge in [-0.3, -0.25) is 0 Å². The second-order valence-corrected chi connectivity index (χ2v) is 8.44. The molecule has 1 rings (SSSR count). The maximum absolute atomic E-state index is 13.5. The molecule has 1 aromatic carbocycles. The van der Waals surface area contributed by atoms with E-state index in [1.807, 2.05) is 26.0 Å². The van der Waals surface area contributed by atoms with Crippen LogP contribution in [0.3, 0.4) is 0 Å². The normalized spacial score (nSPS) is 10.7. The van der Waals surface area contributed by atoms with Crippen LogP contribution in [-0.4, -0.2) is 0 Å². The second-order valence-electron chi connectivity index (χ2n) is 8.44. The third-order valence-electron chi connectivity index (χ3n) is 5.72. The van der Waals surface area contributed by atoms with E-state index in [1.54, 1.807) is 12.1 Å². The summed E-state index contributed by atoms with van der Waals surface area (Å²) in [5.41, 5.74) is 5.11. The molecule has 0 heterocycles. The number of rotatable bonds is 10. The molecular weight excluding hydrogens is 379 g/mol. The topological polar surface area (TPSA) is 0 Å². The average Bonchev–Trinajstić information content (AvgIpc) is 2.78. The maximum atomic E-state index is 13.5. The van der Waals surface area contributed by atoms with Gasteiger partial charge in [0.25, 0.3) is 0 Å². The molecule has 1 aromatic rings. The SMILES string of the molecule is C=C(/C(C)=C/C)C(C)C.C=CC(=C)Cc1ccc(CC)cc1F.CCCC(CC)CC. The summed E-state index contributed by atoms with van der Waals surface area (Å²) >= 11 is 0. The van der Waals surface area contributed by atoms with Gasteiger partial charge < -0.3 is 0 Å². The molecule has 176 valence electrons. The van der Waals surface area contributed by atoms with Gasteiger partial charge >= 0.3 is 0 Å². The molecule has 0 bridgehead atoms. The van der Waals surface area contributed by atoms with E-state index in [1.165, 1.54) is 36.8 Å². The molecule has 0 amide bonds. The molecule has 0 spiro atoms. The van der Waals surface area contributed by atoms with Crippen molar-refractivity contribution in [1.29, 1.82) is 0 Å². The van der Waals surface area contributed by atoms with Crippen molar-refractivity contribution in [2.75, 3.05) is 0 Å². The van der Waals surface area contributed by atoms with Gasteiger partial charge in [0.05, 0.1) is 0 Å². The predicted molar refractivity (Wildman–Crippen MR) is 141 cm³/mol. The molecule has 0 aliphatic carbocycles. The van der Waals surface area contributed by atoms with Gasteiger partial charge in [0, 0.05) is 0 Å². The molecule has 1 heteroatoms. The Morgan fingerprint density at radius 1 is 1.06 bits per heavy atom. The number of benzene rings is 1. The summed E-state index contributed by atoms with van der Waals surface area (Å²) in [5.74, 6) is 1.44. The molecule has 0 aromatic heterocycles. The van der Waals surface area contributed by atoms with Crippen LogP contribution in [0.4, 0.5) is 4.39 Å². The molecule has 0 saturated carbocycles. The standard InChI is InChI=1S/C13H15F.C9H16.C8H18/c1-4-10(3)8-12-7-6-11(5-2)9-13(12)14;1-6-8(4)9(5)7(2)3;1-4-7-8(5-2)6-3/h4,6-7,9H,1,3,5,8H2,2H3;6-7H,5H2,1-4H3;8H,4-7H2,1-3H3/b;8-6+;. The molecule has 0 aliphatic rings. The molecule has 0 atom stereocenters. The largest absolute Gasteiger partial charge is 0.207 e. The smallest absolute Gasteiger partial charge is 0.127 e. The highest BCUT2D eigenvalue weighted by molar-refractivity contribution is 5.30. The molecule has 0 radical (unpaired) electrons. The van der Waals surface area contributed by atoms with Gasteiger partial charge in [0.1, 0.15) is 5.82 Å². The number of hydrogen-bond acceptors (Lipinski definition) is 0. The Morgan fingerprint density at radius 2 is 1.65 bits per heavy atom. The molecule has 0 N–H and O–H groups in total. The van der Waals surface area contributed by atoms with Gasteiger partial charge in [0.15, 0.2) is 0 Å². The van der Waals surface area contributed by atoms with Crippen LogP contribution < -0.4 is 0 Å². The van der Waals surface area contributed by atoms with Crippen molar-refractivity contribution in [1.82, 2.24) is 0 Å². The van der Waals surface area contributed by atoms with E-state index in [-0.39, 0.29) is 5.82 Å². The van der Waals surface area contributed by atoms with Crippen molar-refractivity contribution in [2.24, 2.45) is 11.8 Å². The molecule has 0 unspecified atom stereocenters. The van der Waals surface area contributed by atoms with E-state index in [2.05, 4.69) is 67.4 Å². The molecule has 0 aliphatic heterocycles. The van der Waals surface area contributed by atoms with Gasteiger partial charge in [-0.05, 0) is 55.7 Å². The highest BCUT2D eigenvalue weighted by Gasteiger charge is 2.03. The van der Waals surface area contributed by atoms with Crippen molar-refractivity contribution < 1.29 is 4.39 Å². The molecule has 0 fully saturated rings. The summed E-state index contributed by atoms with van der Waals surface area (Å²) < 4.78 is 13.5. The van der Waals surface area contributed by atoms with Gasteiger partial charge in [0.2, 0.25) is 0 Å². The number of hydrogen-bond donors (Lipinski definition) is 0. The van der Waals surface area contributed by atoms with Crippen LogP contribution in [0.25, 0.3) is 0 Å². The Kier molecular flexibility index (Phi) is 19.0. The monoisotopic (exact) mass is 428 g/mol. The minimum Gasteiger partial charge on any atom is -0.207 e. The number of aryl methyl sites for hydroxylation is 1. The summed E-state index contributed by atoms with van der Waals surface area (Å²) in [6.45, 7) is 28.6. The maximum Gasteiger partial charge on any atom is 0.127 e. The third kappa shape index (κ3) is 14.7. The van der Waals surface area contributed by atoms with Crippen molar-refractivity contribution in [3.05, 3.63) is 83.8 Å². The van der Waals surface area contributed by atoms with Crippen molar-refractivity contribution in [3.8, 4) is 0 Å². The highest BCUT2D eigenvalue weighted by Crippen LogP contribution is 2.16. The van der Waals surface area contributed by atoms with Gasteiger partial charge in [-0.25, -0.2) is 4.39 Å². The first-order chi connectivity index (χ1) is 14.6. The van der Waals surface area contributed by atoms with Crippen LogP contribution in [0.1, 0.15) is 92.2 Å². The lowest BCUT2D eigenvalue weighted by Gasteiger charge is -2.08. The molecule has 0 saturated heterocycles. The summed E-state index contributed by atoms with van der Waals surface area (Å²) in [7, 11) is 0. The summed E-state index contributed by atoms with van der Waals surface area (Å²) in [6.07, 6.45) is 10.7. The van der Waals surface area contributed by atoms with E-state index >= 15 is 0 Å². The van der Waals surface area contributed by atoms with Crippen molar-refractivity contribution in [2.45, 2.75) is 93.9 Å². The first kappa shape index (κ1) is 31.3. The first-order valence-corrected chi connectivity index (χ1v) is 12.0. The van der Waals surface area contributed by atoms with Crippen molar-refractivity contribution >= 4 is 0 Å². The fourth-order valence-corrected chi connectivity index (χ4v) is 3.02. The molecule has 0 nitrogen and oxygen atoms in total. The van der Waals surface area contributed by atoms with Gasteiger partial charge in [-0.2, -0.15) is 0 Å². The van der Waals surface area contributed by atoms with E-state index in [4.69, 9.17) is 0 Å². The Hall–Kier alpha value is -1.89. The zero-order valence-electron chi connectivity index (χ0n) is 21.8. The number of allylic oxidation sites excluding steroid dienone is 5. The Labute approximate surface area is 194 Å². The minimum absolute atomic E-state index is 0.146. The lowest BCUT2D eigenvalue weighted by atomic mass is 9.98. The predicted octanol–water partition coefficient (Wildman–Crippen LogP) is 10.1. The third-order valence-corrected chi connectivity index (χ3v) is 5.72. The Bertz CT molecular complexity index is 672. The fourth-order valence-electron chi connectivity index (χ4n) is 3.02. The van der Waals surface area contributed by atoms with Crippen LogP contribution in [0, 0.1) is 17.7 Å². The highest BCUT2D eigenvalue weighted by atomic mass is 19.1. The summed E-state index contributed by atoms with van der Waals surface area (Å²) in [4.78, 5) is 0. The quantitative estimate of drug-likeness (QED) is 0.325. The van der Waals surface area contributed by atoms with Gasteiger partial charge in [-0.1, -0.05) is 128 Å². The second kappa shape index (κ2) is 18.8. The average molecular weight is 429 g/mol. The lowest BCUT2D eigenvalue weighted by Crippen LogP contribution is -1.94. The Morgan fingerprint density at radius 3 is 1.94 bits per heavy atom. The molecular formula is C30H49F. The van der Waals surface area contributed by atoms with Crippen molar-refractivity contribution in [3.63, 3.8) is 0 Å². The zero-order chi connectivity index (χ0) is 24.4. The van der Waals surface area contributed by atoms with E-state index in [9.17, 15) is 4.39 Å². The number of halogens is 1. The van der Waals surface area contributed by atoms with Crippen LogP contribution in [-0.2, 0) is 12.8 Å². The lowest BCUT2D eigenvalue weighted by molar-refractivity contribution is 0.451. The van der Waals surface area contributed by atoms with Crippen LogP contribution in [0.5, 0.6) is 0 Å². The minimum atomic E-state index is -0.146. The van der Waals surface area contributed by atoms with Crippen LogP contribution >= 0.6 is 0 Å². The summed E-state index contributed by atoms with van der Waals surface area (Å²) in [5, 5.41) is 0. The van der Waals surface area contributed by atoms with Crippen LogP contribution in [0.15, 0.2) is 66.8 Å². The zero-order valence-corrected chi connectivity index (χ0v) is 21.8. The van der Waals surface area contributed by atoms with E-state index in [0.29, 0.717) is 17.9 Å².